The molecule has 6 nitrogen and oxygen atoms in total. The number of anilines is 1. The first-order chi connectivity index (χ1) is 10.2. The van der Waals surface area contributed by atoms with Crippen LogP contribution in [0.1, 0.15) is 16.8 Å². The van der Waals surface area contributed by atoms with Crippen molar-refractivity contribution in [3.63, 3.8) is 0 Å². The van der Waals surface area contributed by atoms with E-state index >= 15 is 0 Å². The van der Waals surface area contributed by atoms with Gasteiger partial charge in [-0.3, -0.25) is 10.1 Å². The molecule has 0 N–H and O–H groups in total. The highest BCUT2D eigenvalue weighted by Gasteiger charge is 2.21. The Kier molecular flexibility index (Phi) is 3.24. The normalized spacial score (nSPS) is 13.4. The fourth-order valence-electron chi connectivity index (χ4n) is 2.54. The predicted molar refractivity (Wildman–Crippen MR) is 76.8 cm³/mol. The molecule has 1 aromatic carbocycles. The van der Waals surface area contributed by atoms with Gasteiger partial charge in [0.15, 0.2) is 0 Å². The van der Waals surface area contributed by atoms with Crippen LogP contribution in [0.15, 0.2) is 36.4 Å². The molecule has 0 bridgehead atoms. The summed E-state index contributed by atoms with van der Waals surface area (Å²) in [6, 6.07) is 12.9. The number of fused-ring (bicyclic) bond motifs is 1. The highest BCUT2D eigenvalue weighted by atomic mass is 16.6. The second-order valence-electron chi connectivity index (χ2n) is 4.85. The smallest absolute Gasteiger partial charge is 0.305 e. The van der Waals surface area contributed by atoms with Gasteiger partial charge in [-0.05, 0) is 23.6 Å². The number of hydrogen-bond donors (Lipinski definition) is 0. The molecule has 2 aromatic rings. The van der Waals surface area contributed by atoms with Crippen molar-refractivity contribution in [1.82, 2.24) is 4.98 Å². The first-order valence-corrected chi connectivity index (χ1v) is 6.56. The van der Waals surface area contributed by atoms with Crippen molar-refractivity contribution in [2.45, 2.75) is 13.0 Å². The van der Waals surface area contributed by atoms with E-state index in [0.717, 1.165) is 13.0 Å². The van der Waals surface area contributed by atoms with Crippen molar-refractivity contribution in [2.24, 2.45) is 0 Å². The van der Waals surface area contributed by atoms with Gasteiger partial charge < -0.3 is 4.90 Å². The summed E-state index contributed by atoms with van der Waals surface area (Å²) in [6.45, 7) is 1.48. The number of nitro groups is 1. The number of nitriles is 1. The Hall–Kier alpha value is -2.94. The molecule has 6 heteroatoms. The standard InChI is InChI=1S/C15H12N4O2/c16-9-13-14(19(20)21)5-6-15(17-13)18-8-7-11-3-1-2-4-12(11)10-18/h1-6H,7-8,10H2. The second kappa shape index (κ2) is 5.21. The van der Waals surface area contributed by atoms with Crippen LogP contribution in [-0.2, 0) is 13.0 Å². The molecule has 0 aliphatic carbocycles. The van der Waals surface area contributed by atoms with Crippen LogP contribution < -0.4 is 4.90 Å². The largest absolute Gasteiger partial charge is 0.352 e. The molecule has 104 valence electrons. The zero-order chi connectivity index (χ0) is 14.8. The highest BCUT2D eigenvalue weighted by Crippen LogP contribution is 2.25. The minimum atomic E-state index is -0.583. The lowest BCUT2D eigenvalue weighted by molar-refractivity contribution is -0.385. The number of aromatic nitrogens is 1. The Bertz CT molecular complexity index is 752. The molecule has 1 aliphatic rings. The lowest BCUT2D eigenvalue weighted by atomic mass is 10.00. The van der Waals surface area contributed by atoms with E-state index in [1.807, 2.05) is 17.0 Å². The van der Waals surface area contributed by atoms with Crippen LogP contribution in [0.3, 0.4) is 0 Å². The summed E-state index contributed by atoms with van der Waals surface area (Å²) in [5.74, 6) is 0.603. The molecule has 0 unspecified atom stereocenters. The number of hydrogen-bond acceptors (Lipinski definition) is 5. The summed E-state index contributed by atoms with van der Waals surface area (Å²) >= 11 is 0. The molecular formula is C15H12N4O2. The number of rotatable bonds is 2. The molecule has 2 heterocycles. The summed E-state index contributed by atoms with van der Waals surface area (Å²) in [5.41, 5.74) is 2.15. The zero-order valence-corrected chi connectivity index (χ0v) is 11.2. The molecule has 0 amide bonds. The molecular weight excluding hydrogens is 268 g/mol. The van der Waals surface area contributed by atoms with Gasteiger partial charge in [0.1, 0.15) is 11.9 Å². The molecule has 0 atom stereocenters. The third-order valence-corrected chi connectivity index (χ3v) is 3.62. The molecule has 1 aliphatic heterocycles. The van der Waals surface area contributed by atoms with Crippen LogP contribution in [0.5, 0.6) is 0 Å². The van der Waals surface area contributed by atoms with Crippen molar-refractivity contribution >= 4 is 11.5 Å². The first kappa shape index (κ1) is 13.1. The van der Waals surface area contributed by atoms with Gasteiger partial charge in [-0.1, -0.05) is 24.3 Å². The van der Waals surface area contributed by atoms with Gasteiger partial charge in [0.2, 0.25) is 5.69 Å². The van der Waals surface area contributed by atoms with E-state index in [4.69, 9.17) is 5.26 Å². The van der Waals surface area contributed by atoms with Crippen LogP contribution in [0, 0.1) is 21.4 Å². The second-order valence-corrected chi connectivity index (χ2v) is 4.85. The molecule has 0 saturated heterocycles. The van der Waals surface area contributed by atoms with Crippen LogP contribution in [-0.4, -0.2) is 16.5 Å². The Balaban J connectivity index is 1.93. The molecule has 0 spiro atoms. The van der Waals surface area contributed by atoms with Gasteiger partial charge in [-0.15, -0.1) is 0 Å². The maximum Gasteiger partial charge on any atom is 0.305 e. The monoisotopic (exact) mass is 280 g/mol. The van der Waals surface area contributed by atoms with E-state index in [1.165, 1.54) is 17.2 Å². The minimum absolute atomic E-state index is 0.142. The van der Waals surface area contributed by atoms with Gasteiger partial charge in [0.25, 0.3) is 0 Å². The van der Waals surface area contributed by atoms with E-state index in [9.17, 15) is 10.1 Å². The average Bonchev–Trinajstić information content (AvgIpc) is 2.53. The SMILES string of the molecule is N#Cc1nc(N2CCc3ccccc3C2)ccc1[N+](=O)[O-]. The zero-order valence-electron chi connectivity index (χ0n) is 11.2. The maximum atomic E-state index is 10.8. The number of pyridine rings is 1. The molecule has 0 fully saturated rings. The van der Waals surface area contributed by atoms with E-state index < -0.39 is 4.92 Å². The third-order valence-electron chi connectivity index (χ3n) is 3.62. The topological polar surface area (TPSA) is 83.1 Å². The van der Waals surface area contributed by atoms with Crippen molar-refractivity contribution in [1.29, 1.82) is 5.26 Å². The van der Waals surface area contributed by atoms with Crippen molar-refractivity contribution < 1.29 is 4.92 Å². The summed E-state index contributed by atoms with van der Waals surface area (Å²) in [6.07, 6.45) is 0.900. The number of benzene rings is 1. The summed E-state index contributed by atoms with van der Waals surface area (Å²) in [7, 11) is 0. The Morgan fingerprint density at radius 1 is 1.24 bits per heavy atom. The minimum Gasteiger partial charge on any atom is -0.352 e. The van der Waals surface area contributed by atoms with Crippen LogP contribution in [0.25, 0.3) is 0 Å². The molecule has 3 rings (SSSR count). The van der Waals surface area contributed by atoms with Crippen LogP contribution in [0.4, 0.5) is 11.5 Å². The molecule has 0 saturated carbocycles. The van der Waals surface area contributed by atoms with E-state index in [2.05, 4.69) is 17.1 Å². The first-order valence-electron chi connectivity index (χ1n) is 6.56. The average molecular weight is 280 g/mol. The summed E-state index contributed by atoms with van der Waals surface area (Å²) < 4.78 is 0. The van der Waals surface area contributed by atoms with Gasteiger partial charge in [-0.2, -0.15) is 5.26 Å². The number of nitrogens with zero attached hydrogens (tertiary/aromatic N) is 4. The third kappa shape index (κ3) is 2.41. The van der Waals surface area contributed by atoms with Crippen LogP contribution in [0.2, 0.25) is 0 Å². The quantitative estimate of drug-likeness (QED) is 0.623. The summed E-state index contributed by atoms with van der Waals surface area (Å²) in [5, 5.41) is 19.8. The van der Waals surface area contributed by atoms with Crippen molar-refractivity contribution in [3.8, 4) is 6.07 Å². The Morgan fingerprint density at radius 3 is 2.71 bits per heavy atom. The maximum absolute atomic E-state index is 10.8. The van der Waals surface area contributed by atoms with Crippen molar-refractivity contribution in [3.05, 3.63) is 63.3 Å². The Morgan fingerprint density at radius 2 is 2.00 bits per heavy atom. The molecule has 1 aromatic heterocycles. The lowest BCUT2D eigenvalue weighted by Gasteiger charge is -2.29. The molecule has 0 radical (unpaired) electrons. The lowest BCUT2D eigenvalue weighted by Crippen LogP contribution is -2.31. The van der Waals surface area contributed by atoms with Gasteiger partial charge >= 0.3 is 5.69 Å². The van der Waals surface area contributed by atoms with E-state index in [1.54, 1.807) is 12.1 Å². The fourth-order valence-corrected chi connectivity index (χ4v) is 2.54. The van der Waals surface area contributed by atoms with Crippen molar-refractivity contribution in [2.75, 3.05) is 11.4 Å². The fraction of sp³-hybridized carbons (Fsp3) is 0.200. The van der Waals surface area contributed by atoms with Crippen LogP contribution >= 0.6 is 0 Å². The highest BCUT2D eigenvalue weighted by molar-refractivity contribution is 5.53. The molecule has 21 heavy (non-hydrogen) atoms. The van der Waals surface area contributed by atoms with E-state index in [0.29, 0.717) is 12.4 Å². The van der Waals surface area contributed by atoms with E-state index in [-0.39, 0.29) is 11.4 Å². The van der Waals surface area contributed by atoms with Gasteiger partial charge in [-0.25, -0.2) is 4.98 Å². The Labute approximate surface area is 121 Å². The van der Waals surface area contributed by atoms with Gasteiger partial charge in [0, 0.05) is 19.2 Å². The predicted octanol–water partition coefficient (Wildman–Crippen LogP) is 2.42. The van der Waals surface area contributed by atoms with Gasteiger partial charge in [0.05, 0.1) is 4.92 Å². The summed E-state index contributed by atoms with van der Waals surface area (Å²) in [4.78, 5) is 16.4.